The third kappa shape index (κ3) is 3.01. The van der Waals surface area contributed by atoms with E-state index in [1.54, 1.807) is 18.2 Å². The Labute approximate surface area is 87.8 Å². The summed E-state index contributed by atoms with van der Waals surface area (Å²) in [6.45, 7) is 1.89. The van der Waals surface area contributed by atoms with Crippen LogP contribution in [0, 0.1) is 19.3 Å². The van der Waals surface area contributed by atoms with E-state index < -0.39 is 5.97 Å². The van der Waals surface area contributed by atoms with Gasteiger partial charge in [0.05, 0.1) is 11.3 Å². The predicted molar refractivity (Wildman–Crippen MR) is 56.5 cm³/mol. The molecule has 0 bridgehead atoms. The summed E-state index contributed by atoms with van der Waals surface area (Å²) in [7, 11) is 0. The van der Waals surface area contributed by atoms with Gasteiger partial charge < -0.3 is 5.11 Å². The Bertz CT molecular complexity index is 407. The Morgan fingerprint density at radius 3 is 3.00 bits per heavy atom. The van der Waals surface area contributed by atoms with Gasteiger partial charge in [-0.1, -0.05) is 17.6 Å². The zero-order valence-electron chi connectivity index (χ0n) is 8.28. The van der Waals surface area contributed by atoms with Crippen molar-refractivity contribution in [1.82, 2.24) is 0 Å². The van der Waals surface area contributed by atoms with E-state index in [4.69, 9.17) is 16.4 Å². The zero-order chi connectivity index (χ0) is 11.3. The van der Waals surface area contributed by atoms with E-state index in [0.29, 0.717) is 5.69 Å². The molecule has 4 nitrogen and oxygen atoms in total. The highest BCUT2D eigenvalue weighted by Crippen LogP contribution is 2.17. The Morgan fingerprint density at radius 1 is 1.67 bits per heavy atom. The summed E-state index contributed by atoms with van der Waals surface area (Å²) >= 11 is 0. The lowest BCUT2D eigenvalue weighted by molar-refractivity contribution is 0.0696. The highest BCUT2D eigenvalue weighted by molar-refractivity contribution is 5.94. The van der Waals surface area contributed by atoms with Crippen molar-refractivity contribution in [2.45, 2.75) is 6.92 Å². The number of aryl methyl sites for hydroxylation is 1. The molecule has 0 aliphatic heterocycles. The van der Waals surface area contributed by atoms with E-state index >= 15 is 0 Å². The number of anilines is 1. The fourth-order valence-electron chi connectivity index (χ4n) is 1.08. The van der Waals surface area contributed by atoms with Gasteiger partial charge in [-0.05, 0) is 19.1 Å². The van der Waals surface area contributed by atoms with Crippen molar-refractivity contribution < 1.29 is 14.7 Å². The number of aromatic carboxylic acids is 1. The van der Waals surface area contributed by atoms with Crippen molar-refractivity contribution in [1.29, 1.82) is 0 Å². The molecule has 0 saturated heterocycles. The second-order valence-corrected chi connectivity index (χ2v) is 2.95. The van der Waals surface area contributed by atoms with Gasteiger partial charge in [0.15, 0.2) is 0 Å². The molecule has 15 heavy (non-hydrogen) atoms. The summed E-state index contributed by atoms with van der Waals surface area (Å²) in [6, 6.07) is 4.98. The van der Waals surface area contributed by atoms with Gasteiger partial charge in [0.25, 0.3) is 0 Å². The van der Waals surface area contributed by atoms with E-state index in [-0.39, 0.29) is 12.2 Å². The third-order valence-corrected chi connectivity index (χ3v) is 1.74. The number of nitrogens with one attached hydrogen (secondary N) is 1. The number of terminal acetylenes is 1. The lowest BCUT2D eigenvalue weighted by atomic mass is 10.1. The quantitative estimate of drug-likeness (QED) is 0.446. The molecule has 0 saturated carbocycles. The molecule has 0 unspecified atom stereocenters. The fourth-order valence-corrected chi connectivity index (χ4v) is 1.08. The molecule has 1 aromatic rings. The zero-order valence-corrected chi connectivity index (χ0v) is 8.28. The Kier molecular flexibility index (Phi) is 3.72. The lowest BCUT2D eigenvalue weighted by Crippen LogP contribution is -2.07. The van der Waals surface area contributed by atoms with E-state index in [2.05, 4.69) is 11.4 Å². The van der Waals surface area contributed by atoms with Gasteiger partial charge in [0.1, 0.15) is 6.61 Å². The summed E-state index contributed by atoms with van der Waals surface area (Å²) in [4.78, 5) is 15.7. The molecule has 1 rings (SSSR count). The summed E-state index contributed by atoms with van der Waals surface area (Å²) in [5.41, 5.74) is 3.92. The number of carboxylic acids is 1. The minimum absolute atomic E-state index is 0.0763. The van der Waals surface area contributed by atoms with Crippen molar-refractivity contribution in [3.05, 3.63) is 29.3 Å². The number of carboxylic acid groups (broad SMARTS) is 1. The van der Waals surface area contributed by atoms with Crippen LogP contribution in [0.1, 0.15) is 15.9 Å². The lowest BCUT2D eigenvalue weighted by Gasteiger charge is -2.08. The summed E-state index contributed by atoms with van der Waals surface area (Å²) in [5, 5.41) is 8.91. The molecule has 0 radical (unpaired) electrons. The monoisotopic (exact) mass is 205 g/mol. The minimum Gasteiger partial charge on any atom is -0.478 e. The molecule has 78 valence electrons. The molecule has 0 fully saturated rings. The Balaban J connectivity index is 2.87. The van der Waals surface area contributed by atoms with Gasteiger partial charge in [-0.3, -0.25) is 10.3 Å². The van der Waals surface area contributed by atoms with Crippen molar-refractivity contribution in [3.63, 3.8) is 0 Å². The molecule has 0 spiro atoms. The van der Waals surface area contributed by atoms with E-state index in [9.17, 15) is 4.79 Å². The molecule has 0 aliphatic rings. The maximum absolute atomic E-state index is 10.9. The van der Waals surface area contributed by atoms with Gasteiger partial charge in [0.2, 0.25) is 0 Å². The van der Waals surface area contributed by atoms with Crippen LogP contribution in [0.5, 0.6) is 0 Å². The molecule has 0 aliphatic carbocycles. The smallest absolute Gasteiger partial charge is 0.337 e. The standard InChI is InChI=1S/C11H11NO3/c1-3-6-15-12-10-5-4-8(2)7-9(10)11(13)14/h1,4-5,7,12H,6H2,2H3,(H,13,14). The Morgan fingerprint density at radius 2 is 2.40 bits per heavy atom. The highest BCUT2D eigenvalue weighted by atomic mass is 16.6. The first-order valence-electron chi connectivity index (χ1n) is 4.30. The average molecular weight is 205 g/mol. The van der Waals surface area contributed by atoms with E-state index in [1.807, 2.05) is 6.92 Å². The molecular weight excluding hydrogens is 194 g/mol. The second-order valence-electron chi connectivity index (χ2n) is 2.95. The number of benzene rings is 1. The summed E-state index contributed by atoms with van der Waals surface area (Å²) in [6.07, 6.45) is 4.98. The largest absolute Gasteiger partial charge is 0.478 e. The van der Waals surface area contributed by atoms with Crippen molar-refractivity contribution in [2.24, 2.45) is 0 Å². The van der Waals surface area contributed by atoms with Gasteiger partial charge in [-0.2, -0.15) is 0 Å². The average Bonchev–Trinajstić information content (AvgIpc) is 2.20. The third-order valence-electron chi connectivity index (χ3n) is 1.74. The van der Waals surface area contributed by atoms with Crippen molar-refractivity contribution >= 4 is 11.7 Å². The van der Waals surface area contributed by atoms with Crippen LogP contribution in [0.3, 0.4) is 0 Å². The van der Waals surface area contributed by atoms with Crippen LogP contribution >= 0.6 is 0 Å². The van der Waals surface area contributed by atoms with Crippen LogP contribution in [0.4, 0.5) is 5.69 Å². The predicted octanol–water partition coefficient (Wildman–Crippen LogP) is 1.67. The van der Waals surface area contributed by atoms with Gasteiger partial charge in [-0.25, -0.2) is 4.79 Å². The molecule has 4 heteroatoms. The molecule has 0 atom stereocenters. The second kappa shape index (κ2) is 5.03. The molecule has 0 aromatic heterocycles. The van der Waals surface area contributed by atoms with Crippen LogP contribution in [-0.2, 0) is 4.84 Å². The van der Waals surface area contributed by atoms with Crippen molar-refractivity contribution in [2.75, 3.05) is 12.1 Å². The molecule has 0 amide bonds. The van der Waals surface area contributed by atoms with Crippen molar-refractivity contribution in [3.8, 4) is 12.3 Å². The SMILES string of the molecule is C#CCONc1ccc(C)cc1C(=O)O. The van der Waals surface area contributed by atoms with E-state index in [1.165, 1.54) is 0 Å². The summed E-state index contributed by atoms with van der Waals surface area (Å²) in [5.74, 6) is 1.26. The molecule has 2 N–H and O–H groups in total. The topological polar surface area (TPSA) is 58.6 Å². The minimum atomic E-state index is -1.01. The number of carbonyl (C=O) groups is 1. The van der Waals surface area contributed by atoms with Crippen LogP contribution < -0.4 is 5.48 Å². The molecule has 0 heterocycles. The van der Waals surface area contributed by atoms with Gasteiger partial charge in [0, 0.05) is 0 Å². The Hall–Kier alpha value is -1.99. The van der Waals surface area contributed by atoms with Crippen LogP contribution in [0.2, 0.25) is 0 Å². The van der Waals surface area contributed by atoms with Crippen LogP contribution in [0.25, 0.3) is 0 Å². The normalized spacial score (nSPS) is 9.33. The number of hydrogen-bond acceptors (Lipinski definition) is 3. The maximum atomic E-state index is 10.9. The number of hydrogen-bond donors (Lipinski definition) is 2. The van der Waals surface area contributed by atoms with Gasteiger partial charge >= 0.3 is 5.97 Å². The first kappa shape index (κ1) is 11.1. The molecular formula is C11H11NO3. The molecule has 1 aromatic carbocycles. The van der Waals surface area contributed by atoms with Crippen LogP contribution in [-0.4, -0.2) is 17.7 Å². The van der Waals surface area contributed by atoms with Crippen LogP contribution in [0.15, 0.2) is 18.2 Å². The highest BCUT2D eigenvalue weighted by Gasteiger charge is 2.09. The maximum Gasteiger partial charge on any atom is 0.337 e. The fraction of sp³-hybridized carbons (Fsp3) is 0.182. The summed E-state index contributed by atoms with van der Waals surface area (Å²) < 4.78 is 0. The number of rotatable bonds is 4. The first-order valence-corrected chi connectivity index (χ1v) is 4.30. The first-order chi connectivity index (χ1) is 7.15. The van der Waals surface area contributed by atoms with E-state index in [0.717, 1.165) is 5.56 Å². The van der Waals surface area contributed by atoms with Gasteiger partial charge in [-0.15, -0.1) is 6.42 Å².